The molecule has 2 aromatic rings. The smallest absolute Gasteiger partial charge is 0.0445 e. The lowest BCUT2D eigenvalue weighted by Crippen LogP contribution is -2.46. The summed E-state index contributed by atoms with van der Waals surface area (Å²) in [6, 6.07) is 0. The molecule has 0 aliphatic carbocycles. The van der Waals surface area contributed by atoms with E-state index in [0.717, 1.165) is 0 Å². The monoisotopic (exact) mass is 337 g/mol. The summed E-state index contributed by atoms with van der Waals surface area (Å²) in [4.78, 5) is 0. The lowest BCUT2D eigenvalue weighted by Gasteiger charge is -2.19. The third-order valence-corrected chi connectivity index (χ3v) is 9.75. The molecular formula is C23H33Si+. The molecule has 0 fully saturated rings. The standard InChI is InChI=1S/C23H33Si/c1-12-14(3)18(7)22(19(8)15(12)4)24(11)23-20(9)16(5)13(2)17(6)21(23)10/h1-11H3/q+1. The van der Waals surface area contributed by atoms with Crippen LogP contribution in [0.4, 0.5) is 0 Å². The molecule has 0 saturated carbocycles. The van der Waals surface area contributed by atoms with E-state index in [-0.39, 0.29) is 0 Å². The first kappa shape index (κ1) is 19.0. The van der Waals surface area contributed by atoms with Gasteiger partial charge in [0.1, 0.15) is 10.4 Å². The van der Waals surface area contributed by atoms with Crippen molar-refractivity contribution in [2.24, 2.45) is 0 Å². The molecule has 0 saturated heterocycles. The van der Waals surface area contributed by atoms with Gasteiger partial charge in [0.25, 0.3) is 0 Å². The molecule has 2 rings (SSSR count). The van der Waals surface area contributed by atoms with Crippen LogP contribution in [-0.4, -0.2) is 8.80 Å². The van der Waals surface area contributed by atoms with Crippen LogP contribution in [0.2, 0.25) is 6.55 Å². The van der Waals surface area contributed by atoms with Crippen molar-refractivity contribution in [1.29, 1.82) is 0 Å². The van der Waals surface area contributed by atoms with Crippen LogP contribution in [0.15, 0.2) is 0 Å². The highest BCUT2D eigenvalue weighted by Gasteiger charge is 2.36. The molecule has 0 aliphatic rings. The van der Waals surface area contributed by atoms with Crippen molar-refractivity contribution in [2.45, 2.75) is 75.8 Å². The van der Waals surface area contributed by atoms with Gasteiger partial charge in [0.05, 0.1) is 6.55 Å². The third-order valence-electron chi connectivity index (χ3n) is 6.75. The molecule has 1 heteroatoms. The first-order chi connectivity index (χ1) is 11.0. The Balaban J connectivity index is 2.84. The molecule has 0 spiro atoms. The summed E-state index contributed by atoms with van der Waals surface area (Å²) in [5.41, 5.74) is 14.9. The molecule has 128 valence electrons. The van der Waals surface area contributed by atoms with Gasteiger partial charge < -0.3 is 0 Å². The van der Waals surface area contributed by atoms with Crippen LogP contribution < -0.4 is 10.4 Å². The number of hydrogen-bond acceptors (Lipinski definition) is 0. The van der Waals surface area contributed by atoms with Crippen molar-refractivity contribution in [3.8, 4) is 0 Å². The van der Waals surface area contributed by atoms with E-state index < -0.39 is 8.80 Å². The molecule has 24 heavy (non-hydrogen) atoms. The zero-order valence-corrected chi connectivity index (χ0v) is 18.5. The zero-order valence-electron chi connectivity index (χ0n) is 17.5. The Bertz CT molecular complexity index is 697. The maximum Gasteiger partial charge on any atom is 0.388 e. The predicted octanol–water partition coefficient (Wildman–Crippen LogP) is 5.01. The molecule has 0 aliphatic heterocycles. The normalized spacial score (nSPS) is 11.1. The molecule has 0 aromatic heterocycles. The van der Waals surface area contributed by atoms with Gasteiger partial charge in [0, 0.05) is 0 Å². The average molecular weight is 338 g/mol. The van der Waals surface area contributed by atoms with Crippen LogP contribution in [0.5, 0.6) is 0 Å². The van der Waals surface area contributed by atoms with E-state index in [2.05, 4.69) is 75.8 Å². The summed E-state index contributed by atoms with van der Waals surface area (Å²) in [6.45, 7) is 25.5. The van der Waals surface area contributed by atoms with E-state index >= 15 is 0 Å². The van der Waals surface area contributed by atoms with Gasteiger partial charge in [-0.25, -0.2) is 0 Å². The molecule has 0 N–H and O–H groups in total. The molecule has 0 unspecified atom stereocenters. The molecule has 0 nitrogen and oxygen atoms in total. The summed E-state index contributed by atoms with van der Waals surface area (Å²) in [6.07, 6.45) is 0. The SMILES string of the molecule is Cc1c(C)c(C)c([Si+](C)c2c(C)c(C)c(C)c(C)c2C)c(C)c1C. The molecule has 2 aromatic carbocycles. The van der Waals surface area contributed by atoms with Gasteiger partial charge in [-0.1, -0.05) is 0 Å². The van der Waals surface area contributed by atoms with Crippen LogP contribution in [0.25, 0.3) is 0 Å². The second kappa shape index (κ2) is 6.52. The highest BCUT2D eigenvalue weighted by Crippen LogP contribution is 2.23. The fourth-order valence-electron chi connectivity index (χ4n) is 4.25. The zero-order chi connectivity index (χ0) is 18.5. The fraction of sp³-hybridized carbons (Fsp3) is 0.478. The summed E-state index contributed by atoms with van der Waals surface area (Å²) in [7, 11) is -0.787. The average Bonchev–Trinajstić information content (AvgIpc) is 2.55. The van der Waals surface area contributed by atoms with Crippen LogP contribution in [0.1, 0.15) is 55.6 Å². The van der Waals surface area contributed by atoms with Crippen LogP contribution in [0.3, 0.4) is 0 Å². The second-order valence-corrected chi connectivity index (χ2v) is 9.88. The van der Waals surface area contributed by atoms with Gasteiger partial charge in [-0.3, -0.25) is 0 Å². The number of benzene rings is 2. The summed E-state index contributed by atoms with van der Waals surface area (Å²) < 4.78 is 0. The Labute approximate surface area is 150 Å². The van der Waals surface area contributed by atoms with Crippen molar-refractivity contribution < 1.29 is 0 Å². The van der Waals surface area contributed by atoms with E-state index in [4.69, 9.17) is 0 Å². The summed E-state index contributed by atoms with van der Waals surface area (Å²) in [5, 5.41) is 3.27. The van der Waals surface area contributed by atoms with Crippen molar-refractivity contribution >= 4 is 19.2 Å². The fourth-order valence-corrected chi connectivity index (χ4v) is 7.50. The molecule has 0 atom stereocenters. The van der Waals surface area contributed by atoms with Gasteiger partial charge in [-0.2, -0.15) is 0 Å². The lowest BCUT2D eigenvalue weighted by atomic mass is 9.95. The quantitative estimate of drug-likeness (QED) is 0.676. The minimum Gasteiger partial charge on any atom is -0.0445 e. The molecule has 0 radical (unpaired) electrons. The van der Waals surface area contributed by atoms with E-state index in [1.165, 1.54) is 55.6 Å². The summed E-state index contributed by atoms with van der Waals surface area (Å²) >= 11 is 0. The number of hydrogen-bond donors (Lipinski definition) is 0. The first-order valence-corrected chi connectivity index (χ1v) is 11.0. The third kappa shape index (κ3) is 2.67. The maximum atomic E-state index is 2.50. The maximum absolute atomic E-state index is 2.50. The Morgan fingerprint density at radius 3 is 0.708 bits per heavy atom. The van der Waals surface area contributed by atoms with Gasteiger partial charge in [-0.15, -0.1) is 0 Å². The van der Waals surface area contributed by atoms with Crippen LogP contribution in [-0.2, 0) is 0 Å². The van der Waals surface area contributed by atoms with Gasteiger partial charge in [0.15, 0.2) is 0 Å². The largest absolute Gasteiger partial charge is 0.388 e. The summed E-state index contributed by atoms with van der Waals surface area (Å²) in [5.74, 6) is 0. The Hall–Kier alpha value is -1.34. The highest BCUT2D eigenvalue weighted by molar-refractivity contribution is 6.85. The van der Waals surface area contributed by atoms with Crippen LogP contribution >= 0.6 is 0 Å². The van der Waals surface area contributed by atoms with Crippen molar-refractivity contribution in [1.82, 2.24) is 0 Å². The molecular weight excluding hydrogens is 304 g/mol. The van der Waals surface area contributed by atoms with E-state index in [0.29, 0.717) is 0 Å². The Morgan fingerprint density at radius 1 is 0.333 bits per heavy atom. The predicted molar refractivity (Wildman–Crippen MR) is 111 cm³/mol. The van der Waals surface area contributed by atoms with E-state index in [9.17, 15) is 0 Å². The van der Waals surface area contributed by atoms with Gasteiger partial charge in [-0.05, 0) is 125 Å². The second-order valence-electron chi connectivity index (χ2n) is 7.62. The van der Waals surface area contributed by atoms with Gasteiger partial charge >= 0.3 is 8.80 Å². The van der Waals surface area contributed by atoms with Gasteiger partial charge in [0.2, 0.25) is 0 Å². The van der Waals surface area contributed by atoms with Crippen molar-refractivity contribution in [2.75, 3.05) is 0 Å². The van der Waals surface area contributed by atoms with E-state index in [1.54, 1.807) is 10.4 Å². The Kier molecular flexibility index (Phi) is 5.16. The van der Waals surface area contributed by atoms with Crippen molar-refractivity contribution in [3.63, 3.8) is 0 Å². The Morgan fingerprint density at radius 2 is 0.500 bits per heavy atom. The van der Waals surface area contributed by atoms with Crippen molar-refractivity contribution in [3.05, 3.63) is 55.6 Å². The topological polar surface area (TPSA) is 0 Å². The molecule has 0 amide bonds. The lowest BCUT2D eigenvalue weighted by molar-refractivity contribution is 1.18. The minimum atomic E-state index is -0.787. The minimum absolute atomic E-state index is 0.787. The highest BCUT2D eigenvalue weighted by atomic mass is 28.3. The van der Waals surface area contributed by atoms with E-state index in [1.807, 2.05) is 0 Å². The first-order valence-electron chi connectivity index (χ1n) is 9.00. The van der Waals surface area contributed by atoms with Crippen LogP contribution in [0, 0.1) is 69.2 Å². The molecule has 0 bridgehead atoms. The number of rotatable bonds is 2. The molecule has 0 heterocycles.